The molecule has 0 aliphatic heterocycles. The van der Waals surface area contributed by atoms with E-state index in [0.717, 1.165) is 17.4 Å². The third-order valence-electron chi connectivity index (χ3n) is 4.66. The smallest absolute Gasteiger partial charge is 0.269 e. The lowest BCUT2D eigenvalue weighted by atomic mass is 10.1. The molecular weight excluding hydrogens is 464 g/mol. The van der Waals surface area contributed by atoms with Gasteiger partial charge in [0.05, 0.1) is 5.75 Å². The van der Waals surface area contributed by atoms with Crippen LogP contribution in [0.5, 0.6) is 5.75 Å². The van der Waals surface area contributed by atoms with Crippen LogP contribution in [-0.4, -0.2) is 26.5 Å². The Hall–Kier alpha value is -3.36. The van der Waals surface area contributed by atoms with E-state index in [-0.39, 0.29) is 11.3 Å². The van der Waals surface area contributed by atoms with E-state index in [2.05, 4.69) is 10.9 Å². The molecule has 0 fully saturated rings. The Kier molecular flexibility index (Phi) is 7.73. The van der Waals surface area contributed by atoms with Crippen LogP contribution in [0.15, 0.2) is 66.7 Å². The van der Waals surface area contributed by atoms with E-state index in [4.69, 9.17) is 16.3 Å². The first-order chi connectivity index (χ1) is 15.6. The number of aryl methyl sites for hydroxylation is 1. The lowest BCUT2D eigenvalue weighted by Crippen LogP contribution is -2.41. The van der Waals surface area contributed by atoms with Crippen molar-refractivity contribution < 1.29 is 22.7 Å². The van der Waals surface area contributed by atoms with Gasteiger partial charge in [0.25, 0.3) is 11.8 Å². The summed E-state index contributed by atoms with van der Waals surface area (Å²) >= 11 is 6.01. The molecule has 0 saturated carbocycles. The molecule has 3 aromatic carbocycles. The topological polar surface area (TPSA) is 102 Å². The summed E-state index contributed by atoms with van der Waals surface area (Å²) in [4.78, 5) is 24.7. The van der Waals surface area contributed by atoms with E-state index in [1.807, 2.05) is 13.0 Å². The fourth-order valence-electron chi connectivity index (χ4n) is 2.99. The van der Waals surface area contributed by atoms with Gasteiger partial charge in [0.2, 0.25) is 0 Å². The van der Waals surface area contributed by atoms with Crippen LogP contribution >= 0.6 is 11.6 Å². The number of hydrazine groups is 1. The molecule has 0 bridgehead atoms. The van der Waals surface area contributed by atoms with Crippen molar-refractivity contribution in [1.29, 1.82) is 0 Å². The van der Waals surface area contributed by atoms with Crippen molar-refractivity contribution in [3.8, 4) is 5.75 Å². The Labute approximate surface area is 197 Å². The first-order valence-corrected chi connectivity index (χ1v) is 12.4. The Balaban J connectivity index is 1.53. The largest absolute Gasteiger partial charge is 0.489 e. The third-order valence-corrected chi connectivity index (χ3v) is 5.94. The number of ether oxygens (including phenoxy) is 1. The van der Waals surface area contributed by atoms with Gasteiger partial charge in [-0.05, 0) is 66.1 Å². The fourth-order valence-corrected chi connectivity index (χ4v) is 3.89. The van der Waals surface area contributed by atoms with E-state index in [0.29, 0.717) is 28.5 Å². The normalized spacial score (nSPS) is 11.0. The van der Waals surface area contributed by atoms with Crippen LogP contribution in [0, 0.1) is 6.92 Å². The summed E-state index contributed by atoms with van der Waals surface area (Å²) in [6, 6.07) is 18.4. The highest BCUT2D eigenvalue weighted by Crippen LogP contribution is 2.22. The number of carbonyl (C=O) groups is 2. The maximum Gasteiger partial charge on any atom is 0.269 e. The van der Waals surface area contributed by atoms with Gasteiger partial charge in [0, 0.05) is 22.4 Å². The zero-order valence-electron chi connectivity index (χ0n) is 18.1. The molecule has 7 nitrogen and oxygen atoms in total. The lowest BCUT2D eigenvalue weighted by molar-refractivity contribution is 0.0846. The second-order valence-corrected chi connectivity index (χ2v) is 10.1. The van der Waals surface area contributed by atoms with Gasteiger partial charge < -0.3 is 4.74 Å². The monoisotopic (exact) mass is 486 g/mol. The van der Waals surface area contributed by atoms with Crippen LogP contribution in [0.4, 0.5) is 0 Å². The number of amides is 2. The van der Waals surface area contributed by atoms with E-state index >= 15 is 0 Å². The second kappa shape index (κ2) is 10.5. The van der Waals surface area contributed by atoms with Gasteiger partial charge in [-0.15, -0.1) is 0 Å². The van der Waals surface area contributed by atoms with Gasteiger partial charge in [0.1, 0.15) is 12.4 Å². The van der Waals surface area contributed by atoms with Crippen LogP contribution in [0.1, 0.15) is 37.4 Å². The molecule has 0 radical (unpaired) electrons. The Morgan fingerprint density at radius 3 is 2.18 bits per heavy atom. The third kappa shape index (κ3) is 7.34. The number of rotatable bonds is 7. The first kappa shape index (κ1) is 24.3. The summed E-state index contributed by atoms with van der Waals surface area (Å²) in [5, 5.41) is 0.673. The molecule has 3 rings (SSSR count). The number of hydrogen-bond donors (Lipinski definition) is 2. The molecule has 33 heavy (non-hydrogen) atoms. The van der Waals surface area contributed by atoms with Crippen LogP contribution in [0.2, 0.25) is 5.02 Å². The Morgan fingerprint density at radius 1 is 0.879 bits per heavy atom. The molecule has 0 aliphatic rings. The number of sulfone groups is 1. The first-order valence-electron chi connectivity index (χ1n) is 9.96. The number of hydrogen-bond acceptors (Lipinski definition) is 5. The molecule has 0 atom stereocenters. The van der Waals surface area contributed by atoms with Crippen molar-refractivity contribution in [2.75, 3.05) is 6.26 Å². The average Bonchev–Trinajstić information content (AvgIpc) is 2.77. The summed E-state index contributed by atoms with van der Waals surface area (Å²) in [6.07, 6.45) is 1.12. The summed E-state index contributed by atoms with van der Waals surface area (Å²) < 4.78 is 28.6. The molecule has 0 aliphatic carbocycles. The van der Waals surface area contributed by atoms with Gasteiger partial charge in [-0.2, -0.15) is 0 Å². The van der Waals surface area contributed by atoms with Crippen molar-refractivity contribution >= 4 is 33.3 Å². The molecule has 0 aromatic heterocycles. The fraction of sp³-hybridized carbons (Fsp3) is 0.167. The summed E-state index contributed by atoms with van der Waals surface area (Å²) in [5.41, 5.74) is 7.56. The quantitative estimate of drug-likeness (QED) is 0.494. The standard InChI is InChI=1S/C24H23ClN2O5S/c1-16-12-21(10-11-22(16)25)32-14-17-6-8-19(9-7-17)23(28)26-27-24(29)20-5-3-4-18(13-20)15-33(2,30)31/h3-13H,14-15H2,1-2H3,(H,26,28)(H,27,29). The second-order valence-electron chi connectivity index (χ2n) is 7.58. The maximum atomic E-state index is 12.3. The molecule has 9 heteroatoms. The highest BCUT2D eigenvalue weighted by atomic mass is 35.5. The summed E-state index contributed by atoms with van der Waals surface area (Å²) in [7, 11) is -3.22. The molecule has 3 aromatic rings. The molecule has 0 unspecified atom stereocenters. The van der Waals surface area contributed by atoms with Gasteiger partial charge in [0.15, 0.2) is 9.84 Å². The Bertz CT molecular complexity index is 1270. The van der Waals surface area contributed by atoms with Crippen molar-refractivity contribution in [3.05, 3.63) is 99.6 Å². The minimum absolute atomic E-state index is 0.172. The summed E-state index contributed by atoms with van der Waals surface area (Å²) in [5.74, 6) is -0.519. The summed E-state index contributed by atoms with van der Waals surface area (Å²) in [6.45, 7) is 2.22. The van der Waals surface area contributed by atoms with Gasteiger partial charge in [-0.3, -0.25) is 20.4 Å². The molecule has 0 heterocycles. The minimum atomic E-state index is -3.22. The van der Waals surface area contributed by atoms with E-state index in [9.17, 15) is 18.0 Å². The van der Waals surface area contributed by atoms with Crippen LogP contribution in [0.25, 0.3) is 0 Å². The molecule has 0 spiro atoms. The maximum absolute atomic E-state index is 12.3. The molecule has 172 valence electrons. The van der Waals surface area contributed by atoms with Gasteiger partial charge in [-0.1, -0.05) is 35.9 Å². The van der Waals surface area contributed by atoms with Crippen molar-refractivity contribution in [2.24, 2.45) is 0 Å². The zero-order valence-corrected chi connectivity index (χ0v) is 19.7. The van der Waals surface area contributed by atoms with Gasteiger partial charge in [-0.25, -0.2) is 8.42 Å². The average molecular weight is 487 g/mol. The number of benzene rings is 3. The highest BCUT2D eigenvalue weighted by molar-refractivity contribution is 7.89. The van der Waals surface area contributed by atoms with E-state index in [1.54, 1.807) is 48.5 Å². The van der Waals surface area contributed by atoms with Crippen LogP contribution < -0.4 is 15.6 Å². The van der Waals surface area contributed by atoms with Crippen molar-refractivity contribution in [1.82, 2.24) is 10.9 Å². The van der Waals surface area contributed by atoms with Gasteiger partial charge >= 0.3 is 0 Å². The van der Waals surface area contributed by atoms with Crippen molar-refractivity contribution in [3.63, 3.8) is 0 Å². The van der Waals surface area contributed by atoms with Crippen LogP contribution in [-0.2, 0) is 22.2 Å². The van der Waals surface area contributed by atoms with Crippen LogP contribution in [0.3, 0.4) is 0 Å². The highest BCUT2D eigenvalue weighted by Gasteiger charge is 2.11. The van der Waals surface area contributed by atoms with E-state index in [1.165, 1.54) is 12.1 Å². The molecule has 2 N–H and O–H groups in total. The zero-order chi connectivity index (χ0) is 24.0. The molecular formula is C24H23ClN2O5S. The Morgan fingerprint density at radius 2 is 1.55 bits per heavy atom. The molecule has 0 saturated heterocycles. The number of halogens is 1. The van der Waals surface area contributed by atoms with Crippen molar-refractivity contribution in [2.45, 2.75) is 19.3 Å². The van der Waals surface area contributed by atoms with E-state index < -0.39 is 21.7 Å². The lowest BCUT2D eigenvalue weighted by Gasteiger charge is -2.10. The SMILES string of the molecule is Cc1cc(OCc2ccc(C(=O)NNC(=O)c3cccc(CS(C)(=O)=O)c3)cc2)ccc1Cl. The number of carbonyl (C=O) groups excluding carboxylic acids is 2. The molecule has 2 amide bonds. The minimum Gasteiger partial charge on any atom is -0.489 e. The predicted molar refractivity (Wildman–Crippen MR) is 127 cm³/mol. The number of nitrogens with one attached hydrogen (secondary N) is 2. The predicted octanol–water partition coefficient (Wildman–Crippen LogP) is 3.85.